The first-order valence-electron chi connectivity index (χ1n) is 5.79. The summed E-state index contributed by atoms with van der Waals surface area (Å²) >= 11 is 1.81. The van der Waals surface area contributed by atoms with Gasteiger partial charge in [0.25, 0.3) is 0 Å². The van der Waals surface area contributed by atoms with Crippen LogP contribution in [0.5, 0.6) is 0 Å². The molecule has 2 heterocycles. The van der Waals surface area contributed by atoms with Crippen molar-refractivity contribution in [2.75, 3.05) is 7.05 Å². The minimum atomic E-state index is 0.762. The van der Waals surface area contributed by atoms with E-state index in [1.165, 1.54) is 27.1 Å². The molecule has 0 radical (unpaired) electrons. The molecular formula is C14H15NOS. The number of fused-ring (bicyclic) bond motifs is 1. The Morgan fingerprint density at radius 3 is 3.00 bits per heavy atom. The lowest BCUT2D eigenvalue weighted by atomic mass is 10.1. The fraction of sp³-hybridized carbons (Fsp3) is 0.286. The first kappa shape index (κ1) is 11.0. The first-order valence-corrected chi connectivity index (χ1v) is 6.67. The van der Waals surface area contributed by atoms with Crippen LogP contribution < -0.4 is 5.32 Å². The van der Waals surface area contributed by atoms with Crippen LogP contribution in [-0.2, 0) is 24.5 Å². The Kier molecular flexibility index (Phi) is 2.97. The highest BCUT2D eigenvalue weighted by Gasteiger charge is 2.12. The van der Waals surface area contributed by atoms with Gasteiger partial charge in [-0.1, -0.05) is 12.1 Å². The van der Waals surface area contributed by atoms with Gasteiger partial charge in [-0.05, 0) is 46.8 Å². The van der Waals surface area contributed by atoms with Crippen molar-refractivity contribution in [3.05, 3.63) is 46.3 Å². The average Bonchev–Trinajstić information content (AvgIpc) is 2.96. The molecule has 3 rings (SSSR count). The number of hydrogen-bond donors (Lipinski definition) is 1. The van der Waals surface area contributed by atoms with E-state index >= 15 is 0 Å². The summed E-state index contributed by atoms with van der Waals surface area (Å²) < 4.78 is 5.44. The van der Waals surface area contributed by atoms with E-state index in [9.17, 15) is 0 Å². The minimum Gasteiger partial charge on any atom is -0.372 e. The summed E-state index contributed by atoms with van der Waals surface area (Å²) in [5.74, 6) is 0. The van der Waals surface area contributed by atoms with Gasteiger partial charge in [0.1, 0.15) is 0 Å². The normalized spacial score (nSPS) is 13.9. The molecule has 1 N–H and O–H groups in total. The van der Waals surface area contributed by atoms with E-state index in [0.29, 0.717) is 0 Å². The predicted molar refractivity (Wildman–Crippen MR) is 71.0 cm³/mol. The SMILES string of the molecule is CNCc1csc(-c2ccc3c(c2)COC3)c1. The average molecular weight is 245 g/mol. The second-order valence-electron chi connectivity index (χ2n) is 4.33. The molecule has 0 bridgehead atoms. The molecule has 1 aliphatic heterocycles. The molecular weight excluding hydrogens is 230 g/mol. The highest BCUT2D eigenvalue weighted by molar-refractivity contribution is 7.13. The number of hydrogen-bond acceptors (Lipinski definition) is 3. The molecule has 0 spiro atoms. The Balaban J connectivity index is 1.92. The van der Waals surface area contributed by atoms with Crippen LogP contribution in [0, 0.1) is 0 Å². The Morgan fingerprint density at radius 1 is 1.24 bits per heavy atom. The molecule has 88 valence electrons. The second kappa shape index (κ2) is 4.61. The van der Waals surface area contributed by atoms with E-state index in [0.717, 1.165) is 19.8 Å². The molecule has 0 amide bonds. The summed E-state index contributed by atoms with van der Waals surface area (Å²) in [6.45, 7) is 2.47. The molecule has 1 aliphatic rings. The van der Waals surface area contributed by atoms with Crippen LogP contribution in [0.1, 0.15) is 16.7 Å². The van der Waals surface area contributed by atoms with Crippen molar-refractivity contribution in [1.82, 2.24) is 5.32 Å². The zero-order chi connectivity index (χ0) is 11.7. The smallest absolute Gasteiger partial charge is 0.0725 e. The van der Waals surface area contributed by atoms with Gasteiger partial charge in [-0.25, -0.2) is 0 Å². The topological polar surface area (TPSA) is 21.3 Å². The van der Waals surface area contributed by atoms with Gasteiger partial charge in [0.2, 0.25) is 0 Å². The van der Waals surface area contributed by atoms with Gasteiger partial charge in [0.15, 0.2) is 0 Å². The zero-order valence-corrected chi connectivity index (χ0v) is 10.6. The lowest BCUT2D eigenvalue weighted by Gasteiger charge is -2.01. The molecule has 0 saturated carbocycles. The molecule has 2 aromatic rings. The van der Waals surface area contributed by atoms with E-state index < -0.39 is 0 Å². The van der Waals surface area contributed by atoms with Crippen molar-refractivity contribution >= 4 is 11.3 Å². The maximum absolute atomic E-state index is 5.44. The fourth-order valence-corrected chi connectivity index (χ4v) is 3.06. The van der Waals surface area contributed by atoms with Crippen molar-refractivity contribution in [1.29, 1.82) is 0 Å². The van der Waals surface area contributed by atoms with E-state index in [1.807, 2.05) is 18.4 Å². The van der Waals surface area contributed by atoms with E-state index in [-0.39, 0.29) is 0 Å². The van der Waals surface area contributed by atoms with Crippen molar-refractivity contribution in [2.45, 2.75) is 19.8 Å². The molecule has 2 nitrogen and oxygen atoms in total. The summed E-state index contributed by atoms with van der Waals surface area (Å²) in [5.41, 5.74) is 5.33. The number of thiophene rings is 1. The highest BCUT2D eigenvalue weighted by atomic mass is 32.1. The number of benzene rings is 1. The van der Waals surface area contributed by atoms with Crippen LogP contribution in [0.3, 0.4) is 0 Å². The van der Waals surface area contributed by atoms with E-state index in [4.69, 9.17) is 4.74 Å². The molecule has 0 atom stereocenters. The van der Waals surface area contributed by atoms with Gasteiger partial charge >= 0.3 is 0 Å². The molecule has 0 fully saturated rings. The number of rotatable bonds is 3. The standard InChI is InChI=1S/C14H15NOS/c1-15-6-10-4-14(17-9-10)11-2-3-12-7-16-8-13(12)5-11/h2-5,9,15H,6-8H2,1H3. The van der Waals surface area contributed by atoms with Crippen LogP contribution in [0.15, 0.2) is 29.6 Å². The lowest BCUT2D eigenvalue weighted by Crippen LogP contribution is -2.03. The third-order valence-corrected chi connectivity index (χ3v) is 4.07. The molecule has 3 heteroatoms. The summed E-state index contributed by atoms with van der Waals surface area (Å²) in [4.78, 5) is 1.34. The number of ether oxygens (including phenoxy) is 1. The predicted octanol–water partition coefficient (Wildman–Crippen LogP) is 3.16. The van der Waals surface area contributed by atoms with Crippen LogP contribution in [0.4, 0.5) is 0 Å². The van der Waals surface area contributed by atoms with E-state index in [2.05, 4.69) is 35.0 Å². The van der Waals surface area contributed by atoms with Crippen molar-refractivity contribution in [3.8, 4) is 10.4 Å². The lowest BCUT2D eigenvalue weighted by molar-refractivity contribution is 0.134. The third-order valence-electron chi connectivity index (χ3n) is 3.04. The minimum absolute atomic E-state index is 0.762. The highest BCUT2D eigenvalue weighted by Crippen LogP contribution is 2.31. The Hall–Kier alpha value is -1.16. The van der Waals surface area contributed by atoms with Gasteiger partial charge in [-0.2, -0.15) is 0 Å². The molecule has 0 saturated heterocycles. The largest absolute Gasteiger partial charge is 0.372 e. The van der Waals surface area contributed by atoms with Gasteiger partial charge in [-0.3, -0.25) is 0 Å². The Bertz CT molecular complexity index is 533. The zero-order valence-electron chi connectivity index (χ0n) is 9.82. The van der Waals surface area contributed by atoms with Crippen LogP contribution in [-0.4, -0.2) is 7.05 Å². The second-order valence-corrected chi connectivity index (χ2v) is 5.24. The fourth-order valence-electron chi connectivity index (χ4n) is 2.15. The Morgan fingerprint density at radius 2 is 2.12 bits per heavy atom. The van der Waals surface area contributed by atoms with Gasteiger partial charge < -0.3 is 10.1 Å². The number of nitrogens with one attached hydrogen (secondary N) is 1. The van der Waals surface area contributed by atoms with Crippen LogP contribution >= 0.6 is 11.3 Å². The van der Waals surface area contributed by atoms with Crippen molar-refractivity contribution < 1.29 is 4.74 Å². The van der Waals surface area contributed by atoms with Gasteiger partial charge in [0.05, 0.1) is 13.2 Å². The van der Waals surface area contributed by atoms with Crippen LogP contribution in [0.2, 0.25) is 0 Å². The summed E-state index contributed by atoms with van der Waals surface area (Å²) in [7, 11) is 1.98. The molecule has 1 aromatic heterocycles. The van der Waals surface area contributed by atoms with Gasteiger partial charge in [0, 0.05) is 11.4 Å². The maximum Gasteiger partial charge on any atom is 0.0725 e. The maximum atomic E-state index is 5.44. The molecule has 17 heavy (non-hydrogen) atoms. The summed E-state index contributed by atoms with van der Waals surface area (Å²) in [5, 5.41) is 5.39. The monoisotopic (exact) mass is 245 g/mol. The quantitative estimate of drug-likeness (QED) is 0.897. The molecule has 0 aliphatic carbocycles. The molecule has 1 aromatic carbocycles. The summed E-state index contributed by atoms with van der Waals surface area (Å²) in [6, 6.07) is 8.91. The van der Waals surface area contributed by atoms with Crippen molar-refractivity contribution in [3.63, 3.8) is 0 Å². The van der Waals surface area contributed by atoms with Crippen molar-refractivity contribution in [2.24, 2.45) is 0 Å². The van der Waals surface area contributed by atoms with Crippen LogP contribution in [0.25, 0.3) is 10.4 Å². The van der Waals surface area contributed by atoms with Gasteiger partial charge in [-0.15, -0.1) is 11.3 Å². The van der Waals surface area contributed by atoms with E-state index in [1.54, 1.807) is 0 Å². The third kappa shape index (κ3) is 2.14. The molecule has 0 unspecified atom stereocenters. The Labute approximate surface area is 105 Å². The first-order chi connectivity index (χ1) is 8.36. The summed E-state index contributed by atoms with van der Waals surface area (Å²) in [6.07, 6.45) is 0.